The Morgan fingerprint density at radius 1 is 1.67 bits per heavy atom. The SMILES string of the molecule is CC1(Nc2ncc(Br)cc2Cl)CCNC1. The third-order valence-electron chi connectivity index (χ3n) is 2.60. The summed E-state index contributed by atoms with van der Waals surface area (Å²) in [7, 11) is 0. The molecule has 1 aliphatic rings. The van der Waals surface area contributed by atoms with Gasteiger partial charge in [-0.05, 0) is 41.9 Å². The van der Waals surface area contributed by atoms with E-state index in [4.69, 9.17) is 11.6 Å². The Morgan fingerprint density at radius 2 is 2.47 bits per heavy atom. The summed E-state index contributed by atoms with van der Waals surface area (Å²) in [4.78, 5) is 4.27. The summed E-state index contributed by atoms with van der Waals surface area (Å²) in [6.07, 6.45) is 2.83. The Labute approximate surface area is 103 Å². The van der Waals surface area contributed by atoms with Crippen molar-refractivity contribution in [2.45, 2.75) is 18.9 Å². The standard InChI is InChI=1S/C10H13BrClN3/c1-10(2-3-13-6-10)15-9-8(12)4-7(11)5-14-9/h4-5,13H,2-3,6H2,1H3,(H,14,15). The minimum Gasteiger partial charge on any atom is -0.362 e. The fourth-order valence-corrected chi connectivity index (χ4v) is 2.39. The Hall–Kier alpha value is -0.320. The van der Waals surface area contributed by atoms with Crippen LogP contribution in [0, 0.1) is 0 Å². The van der Waals surface area contributed by atoms with Gasteiger partial charge in [0, 0.05) is 22.8 Å². The first-order valence-corrected chi connectivity index (χ1v) is 6.06. The molecule has 2 rings (SSSR count). The third-order valence-corrected chi connectivity index (χ3v) is 3.32. The molecule has 1 aromatic rings. The fourth-order valence-electron chi connectivity index (χ4n) is 1.72. The number of nitrogens with one attached hydrogen (secondary N) is 2. The quantitative estimate of drug-likeness (QED) is 0.879. The largest absolute Gasteiger partial charge is 0.362 e. The van der Waals surface area contributed by atoms with Crippen LogP contribution >= 0.6 is 27.5 Å². The van der Waals surface area contributed by atoms with Crippen molar-refractivity contribution in [3.05, 3.63) is 21.8 Å². The van der Waals surface area contributed by atoms with Crippen LogP contribution in [0.5, 0.6) is 0 Å². The number of pyridine rings is 1. The summed E-state index contributed by atoms with van der Waals surface area (Å²) in [5.41, 5.74) is 0.0600. The van der Waals surface area contributed by atoms with Crippen LogP contribution in [0.2, 0.25) is 5.02 Å². The van der Waals surface area contributed by atoms with Crippen molar-refractivity contribution in [1.82, 2.24) is 10.3 Å². The zero-order chi connectivity index (χ0) is 10.9. The molecule has 15 heavy (non-hydrogen) atoms. The number of anilines is 1. The average molecular weight is 291 g/mol. The molecule has 2 heterocycles. The van der Waals surface area contributed by atoms with Crippen molar-refractivity contribution < 1.29 is 0 Å². The van der Waals surface area contributed by atoms with E-state index in [2.05, 4.69) is 38.5 Å². The highest BCUT2D eigenvalue weighted by molar-refractivity contribution is 9.10. The van der Waals surface area contributed by atoms with E-state index in [9.17, 15) is 0 Å². The molecule has 82 valence electrons. The highest BCUT2D eigenvalue weighted by Crippen LogP contribution is 2.27. The van der Waals surface area contributed by atoms with Crippen LogP contribution in [0.25, 0.3) is 0 Å². The maximum Gasteiger partial charge on any atom is 0.145 e. The predicted octanol–water partition coefficient (Wildman–Crippen LogP) is 2.66. The highest BCUT2D eigenvalue weighted by Gasteiger charge is 2.29. The minimum atomic E-state index is 0.0600. The van der Waals surface area contributed by atoms with E-state index in [1.807, 2.05) is 6.07 Å². The van der Waals surface area contributed by atoms with Crippen LogP contribution in [-0.4, -0.2) is 23.6 Å². The van der Waals surface area contributed by atoms with E-state index in [0.29, 0.717) is 5.02 Å². The van der Waals surface area contributed by atoms with E-state index in [1.165, 1.54) is 0 Å². The lowest BCUT2D eigenvalue weighted by atomic mass is 10.0. The van der Waals surface area contributed by atoms with Gasteiger partial charge in [0.25, 0.3) is 0 Å². The van der Waals surface area contributed by atoms with Gasteiger partial charge in [-0.3, -0.25) is 0 Å². The molecule has 3 nitrogen and oxygen atoms in total. The van der Waals surface area contributed by atoms with Gasteiger partial charge in [-0.25, -0.2) is 4.98 Å². The zero-order valence-electron chi connectivity index (χ0n) is 8.48. The molecule has 0 saturated carbocycles. The monoisotopic (exact) mass is 289 g/mol. The first-order valence-electron chi connectivity index (χ1n) is 4.89. The van der Waals surface area contributed by atoms with Gasteiger partial charge in [-0.15, -0.1) is 0 Å². The van der Waals surface area contributed by atoms with E-state index in [-0.39, 0.29) is 5.54 Å². The fraction of sp³-hybridized carbons (Fsp3) is 0.500. The predicted molar refractivity (Wildman–Crippen MR) is 66.5 cm³/mol. The van der Waals surface area contributed by atoms with Gasteiger partial charge in [0.05, 0.1) is 5.02 Å². The first kappa shape index (κ1) is 11.2. The minimum absolute atomic E-state index is 0.0600. The molecule has 1 atom stereocenters. The lowest BCUT2D eigenvalue weighted by Crippen LogP contribution is -2.37. The van der Waals surface area contributed by atoms with Crippen LogP contribution in [0.4, 0.5) is 5.82 Å². The molecular formula is C10H13BrClN3. The molecule has 1 saturated heterocycles. The lowest BCUT2D eigenvalue weighted by molar-refractivity contribution is 0.564. The molecule has 0 aromatic carbocycles. The number of hydrogen-bond donors (Lipinski definition) is 2. The first-order chi connectivity index (χ1) is 7.09. The van der Waals surface area contributed by atoms with Crippen LogP contribution in [0.1, 0.15) is 13.3 Å². The van der Waals surface area contributed by atoms with Gasteiger partial charge in [0.1, 0.15) is 5.82 Å². The highest BCUT2D eigenvalue weighted by atomic mass is 79.9. The zero-order valence-corrected chi connectivity index (χ0v) is 10.8. The molecule has 1 unspecified atom stereocenters. The molecule has 0 spiro atoms. The molecule has 1 fully saturated rings. The molecule has 2 N–H and O–H groups in total. The Kier molecular flexibility index (Phi) is 3.19. The number of aromatic nitrogens is 1. The van der Waals surface area contributed by atoms with Gasteiger partial charge < -0.3 is 10.6 Å². The smallest absolute Gasteiger partial charge is 0.145 e. The van der Waals surface area contributed by atoms with Gasteiger partial charge >= 0.3 is 0 Å². The van der Waals surface area contributed by atoms with Gasteiger partial charge in [-0.2, -0.15) is 0 Å². The number of rotatable bonds is 2. The molecule has 1 aromatic heterocycles. The molecule has 5 heteroatoms. The summed E-state index contributed by atoms with van der Waals surface area (Å²) in [5.74, 6) is 0.756. The van der Waals surface area contributed by atoms with Crippen LogP contribution in [0.3, 0.4) is 0 Å². The number of halogens is 2. The molecule has 0 radical (unpaired) electrons. The van der Waals surface area contributed by atoms with Crippen LogP contribution in [-0.2, 0) is 0 Å². The maximum atomic E-state index is 6.09. The van der Waals surface area contributed by atoms with E-state index in [1.54, 1.807) is 6.20 Å². The molecule has 0 aliphatic carbocycles. The van der Waals surface area contributed by atoms with E-state index >= 15 is 0 Å². The van der Waals surface area contributed by atoms with Crippen molar-refractivity contribution in [2.24, 2.45) is 0 Å². The summed E-state index contributed by atoms with van der Waals surface area (Å²) in [5, 5.41) is 7.36. The number of nitrogens with zero attached hydrogens (tertiary/aromatic N) is 1. The molecule has 1 aliphatic heterocycles. The van der Waals surface area contributed by atoms with E-state index in [0.717, 1.165) is 29.8 Å². The Balaban J connectivity index is 2.16. The second kappa shape index (κ2) is 4.28. The second-order valence-corrected chi connectivity index (χ2v) is 5.42. The van der Waals surface area contributed by atoms with E-state index < -0.39 is 0 Å². The van der Waals surface area contributed by atoms with Crippen molar-refractivity contribution in [2.75, 3.05) is 18.4 Å². The Bertz CT molecular complexity index is 364. The molecular weight excluding hydrogens is 277 g/mol. The molecule has 0 amide bonds. The molecule has 0 bridgehead atoms. The second-order valence-electron chi connectivity index (χ2n) is 4.10. The van der Waals surface area contributed by atoms with Crippen molar-refractivity contribution in [1.29, 1.82) is 0 Å². The Morgan fingerprint density at radius 3 is 3.07 bits per heavy atom. The lowest BCUT2D eigenvalue weighted by Gasteiger charge is -2.25. The van der Waals surface area contributed by atoms with Crippen molar-refractivity contribution in [3.63, 3.8) is 0 Å². The summed E-state index contributed by atoms with van der Waals surface area (Å²) < 4.78 is 0.896. The number of hydrogen-bond acceptors (Lipinski definition) is 3. The third kappa shape index (κ3) is 2.62. The topological polar surface area (TPSA) is 37.0 Å². The summed E-state index contributed by atoms with van der Waals surface area (Å²) in [6, 6.07) is 1.85. The van der Waals surface area contributed by atoms with Crippen molar-refractivity contribution >= 4 is 33.3 Å². The van der Waals surface area contributed by atoms with Crippen LogP contribution in [0.15, 0.2) is 16.7 Å². The summed E-state index contributed by atoms with van der Waals surface area (Å²) in [6.45, 7) is 4.16. The van der Waals surface area contributed by atoms with Crippen molar-refractivity contribution in [3.8, 4) is 0 Å². The maximum absolute atomic E-state index is 6.09. The normalized spacial score (nSPS) is 25.5. The van der Waals surface area contributed by atoms with Gasteiger partial charge in [0.15, 0.2) is 0 Å². The average Bonchev–Trinajstić information content (AvgIpc) is 2.58. The van der Waals surface area contributed by atoms with Gasteiger partial charge in [0.2, 0.25) is 0 Å². The van der Waals surface area contributed by atoms with Gasteiger partial charge in [-0.1, -0.05) is 11.6 Å². The summed E-state index contributed by atoms with van der Waals surface area (Å²) >= 11 is 9.43. The van der Waals surface area contributed by atoms with Crippen LogP contribution < -0.4 is 10.6 Å².